The molecule has 1 aliphatic rings. The van der Waals surface area contributed by atoms with Crippen molar-refractivity contribution < 1.29 is 5.11 Å². The normalized spacial score (nSPS) is 18.6. The molecule has 1 unspecified atom stereocenters. The van der Waals surface area contributed by atoms with Crippen LogP contribution in [0, 0.1) is 0 Å². The van der Waals surface area contributed by atoms with Gasteiger partial charge in [0.05, 0.1) is 6.20 Å². The summed E-state index contributed by atoms with van der Waals surface area (Å²) in [6.07, 6.45) is 12.5. The molecule has 3 heteroatoms. The van der Waals surface area contributed by atoms with Crippen molar-refractivity contribution in [2.75, 3.05) is 0 Å². The molecule has 1 N–H and O–H groups in total. The van der Waals surface area contributed by atoms with Crippen LogP contribution in [0.3, 0.4) is 0 Å². The molecule has 2 rings (SSSR count). The van der Waals surface area contributed by atoms with Gasteiger partial charge in [0.25, 0.3) is 0 Å². The Balaban J connectivity index is 2.06. The number of aliphatic hydroxyl groups excluding tert-OH is 1. The third-order valence-electron chi connectivity index (χ3n) is 3.35. The molecule has 1 atom stereocenters. The molecule has 94 valence electrons. The van der Waals surface area contributed by atoms with Gasteiger partial charge in [-0.3, -0.25) is 4.68 Å². The van der Waals surface area contributed by atoms with Crippen molar-refractivity contribution in [2.45, 2.75) is 58.1 Å². The highest BCUT2D eigenvalue weighted by molar-refractivity contribution is 5.22. The maximum absolute atomic E-state index is 10.3. The van der Waals surface area contributed by atoms with E-state index in [1.807, 2.05) is 10.9 Å². The zero-order chi connectivity index (χ0) is 12.1. The molecule has 0 saturated heterocycles. The van der Waals surface area contributed by atoms with E-state index in [1.54, 1.807) is 6.20 Å². The summed E-state index contributed by atoms with van der Waals surface area (Å²) >= 11 is 0. The minimum Gasteiger partial charge on any atom is -0.384 e. The lowest BCUT2D eigenvalue weighted by Crippen LogP contribution is -2.01. The Kier molecular flexibility index (Phi) is 4.37. The molecule has 0 amide bonds. The summed E-state index contributed by atoms with van der Waals surface area (Å²) < 4.78 is 1.91. The van der Waals surface area contributed by atoms with Gasteiger partial charge in [0, 0.05) is 18.3 Å². The van der Waals surface area contributed by atoms with Crippen LogP contribution in [-0.4, -0.2) is 14.9 Å². The van der Waals surface area contributed by atoms with Crippen LogP contribution in [0.5, 0.6) is 0 Å². The highest BCUT2D eigenvalue weighted by Crippen LogP contribution is 2.28. The fourth-order valence-electron chi connectivity index (χ4n) is 2.37. The number of aryl methyl sites for hydroxylation is 1. The largest absolute Gasteiger partial charge is 0.384 e. The highest BCUT2D eigenvalue weighted by atomic mass is 16.3. The zero-order valence-corrected chi connectivity index (χ0v) is 10.6. The topological polar surface area (TPSA) is 38.0 Å². The molecular formula is C14H22N2O. The maximum atomic E-state index is 10.3. The van der Waals surface area contributed by atoms with Crippen molar-refractivity contribution in [1.29, 1.82) is 0 Å². The van der Waals surface area contributed by atoms with E-state index < -0.39 is 6.10 Å². The second-order valence-electron chi connectivity index (χ2n) is 4.82. The van der Waals surface area contributed by atoms with Crippen molar-refractivity contribution in [2.24, 2.45) is 0 Å². The van der Waals surface area contributed by atoms with Gasteiger partial charge in [0.15, 0.2) is 0 Å². The Bertz CT molecular complexity index is 381. The lowest BCUT2D eigenvalue weighted by atomic mass is 10.0. The SMILES string of the molecule is CCCn1cc(C(O)C2=CCCCCC2)cn1. The first-order valence-electron chi connectivity index (χ1n) is 6.70. The van der Waals surface area contributed by atoms with E-state index in [-0.39, 0.29) is 0 Å². The van der Waals surface area contributed by atoms with Crippen molar-refractivity contribution in [1.82, 2.24) is 9.78 Å². The molecule has 0 fully saturated rings. The van der Waals surface area contributed by atoms with Crippen LogP contribution >= 0.6 is 0 Å². The quantitative estimate of drug-likeness (QED) is 0.812. The molecule has 1 aromatic heterocycles. The number of aromatic nitrogens is 2. The lowest BCUT2D eigenvalue weighted by Gasteiger charge is -2.12. The number of rotatable bonds is 4. The standard InChI is InChI=1S/C14H22N2O/c1-2-9-16-11-13(10-15-16)14(17)12-7-5-3-4-6-8-12/h7,10-11,14,17H,2-6,8-9H2,1H3. The van der Waals surface area contributed by atoms with E-state index in [2.05, 4.69) is 18.1 Å². The van der Waals surface area contributed by atoms with Crippen LogP contribution in [-0.2, 0) is 6.54 Å². The van der Waals surface area contributed by atoms with Gasteiger partial charge in [0.1, 0.15) is 6.10 Å². The van der Waals surface area contributed by atoms with E-state index in [0.717, 1.165) is 31.4 Å². The summed E-state index contributed by atoms with van der Waals surface area (Å²) in [5.74, 6) is 0. The van der Waals surface area contributed by atoms with Crippen molar-refractivity contribution >= 4 is 0 Å². The van der Waals surface area contributed by atoms with Crippen LogP contribution in [0.4, 0.5) is 0 Å². The molecule has 0 bridgehead atoms. The Morgan fingerprint density at radius 1 is 1.41 bits per heavy atom. The molecule has 1 aromatic rings. The third-order valence-corrected chi connectivity index (χ3v) is 3.35. The number of allylic oxidation sites excluding steroid dienone is 1. The van der Waals surface area contributed by atoms with Gasteiger partial charge in [0.2, 0.25) is 0 Å². The number of nitrogens with zero attached hydrogens (tertiary/aromatic N) is 2. The van der Waals surface area contributed by atoms with E-state index in [1.165, 1.54) is 24.8 Å². The van der Waals surface area contributed by atoms with Crippen LogP contribution in [0.25, 0.3) is 0 Å². The molecule has 0 aromatic carbocycles. The molecule has 0 aliphatic heterocycles. The van der Waals surface area contributed by atoms with Crippen LogP contribution in [0.1, 0.15) is 57.1 Å². The maximum Gasteiger partial charge on any atom is 0.103 e. The molecule has 1 aliphatic carbocycles. The Labute approximate surface area is 103 Å². The van der Waals surface area contributed by atoms with E-state index in [0.29, 0.717) is 0 Å². The minimum absolute atomic E-state index is 0.446. The number of aliphatic hydroxyl groups is 1. The van der Waals surface area contributed by atoms with E-state index >= 15 is 0 Å². The van der Waals surface area contributed by atoms with Crippen LogP contribution in [0.2, 0.25) is 0 Å². The average Bonchev–Trinajstić information content (AvgIpc) is 2.64. The predicted molar refractivity (Wildman–Crippen MR) is 68.6 cm³/mol. The van der Waals surface area contributed by atoms with Gasteiger partial charge in [-0.15, -0.1) is 0 Å². The second-order valence-corrected chi connectivity index (χ2v) is 4.82. The molecule has 0 saturated carbocycles. The molecule has 17 heavy (non-hydrogen) atoms. The molecule has 1 heterocycles. The van der Waals surface area contributed by atoms with Gasteiger partial charge < -0.3 is 5.11 Å². The Hall–Kier alpha value is -1.09. The van der Waals surface area contributed by atoms with Gasteiger partial charge in [-0.05, 0) is 37.7 Å². The smallest absolute Gasteiger partial charge is 0.103 e. The fraction of sp³-hybridized carbons (Fsp3) is 0.643. The van der Waals surface area contributed by atoms with Crippen molar-refractivity contribution in [3.05, 3.63) is 29.6 Å². The van der Waals surface area contributed by atoms with Gasteiger partial charge in [-0.2, -0.15) is 5.10 Å². The third kappa shape index (κ3) is 3.19. The Morgan fingerprint density at radius 3 is 3.12 bits per heavy atom. The van der Waals surface area contributed by atoms with Crippen molar-refractivity contribution in [3.63, 3.8) is 0 Å². The number of hydrogen-bond donors (Lipinski definition) is 1. The molecular weight excluding hydrogens is 212 g/mol. The molecule has 0 spiro atoms. The summed E-state index contributed by atoms with van der Waals surface area (Å²) in [5.41, 5.74) is 2.12. The summed E-state index contributed by atoms with van der Waals surface area (Å²) in [7, 11) is 0. The minimum atomic E-state index is -0.446. The van der Waals surface area contributed by atoms with Crippen molar-refractivity contribution in [3.8, 4) is 0 Å². The number of hydrogen-bond acceptors (Lipinski definition) is 2. The predicted octanol–water partition coefficient (Wildman–Crippen LogP) is 3.22. The second kappa shape index (κ2) is 6.01. The first kappa shape index (κ1) is 12.4. The van der Waals surface area contributed by atoms with Gasteiger partial charge in [-0.25, -0.2) is 0 Å². The summed E-state index contributed by atoms with van der Waals surface area (Å²) in [6.45, 7) is 3.05. The molecule has 0 radical (unpaired) electrons. The summed E-state index contributed by atoms with van der Waals surface area (Å²) in [6, 6.07) is 0. The van der Waals surface area contributed by atoms with Crippen LogP contribution < -0.4 is 0 Å². The van der Waals surface area contributed by atoms with Gasteiger partial charge >= 0.3 is 0 Å². The summed E-state index contributed by atoms with van der Waals surface area (Å²) in [4.78, 5) is 0. The first-order valence-corrected chi connectivity index (χ1v) is 6.70. The first-order chi connectivity index (χ1) is 8.31. The van der Waals surface area contributed by atoms with E-state index in [4.69, 9.17) is 0 Å². The molecule has 3 nitrogen and oxygen atoms in total. The average molecular weight is 234 g/mol. The van der Waals surface area contributed by atoms with E-state index in [9.17, 15) is 5.11 Å². The highest BCUT2D eigenvalue weighted by Gasteiger charge is 2.16. The van der Waals surface area contributed by atoms with Crippen LogP contribution in [0.15, 0.2) is 24.0 Å². The Morgan fingerprint density at radius 2 is 2.29 bits per heavy atom. The fourth-order valence-corrected chi connectivity index (χ4v) is 2.37. The van der Waals surface area contributed by atoms with Gasteiger partial charge in [-0.1, -0.05) is 19.4 Å². The zero-order valence-electron chi connectivity index (χ0n) is 10.6. The lowest BCUT2D eigenvalue weighted by molar-refractivity contribution is 0.210. The monoisotopic (exact) mass is 234 g/mol. The summed E-state index contributed by atoms with van der Waals surface area (Å²) in [5, 5.41) is 14.6.